The van der Waals surface area contributed by atoms with E-state index in [0.717, 1.165) is 16.5 Å². The molecule has 1 heterocycles. The molecule has 94 valence electrons. The molecular formula is C15H17NOS. The Hall–Kier alpha value is -1.35. The van der Waals surface area contributed by atoms with Crippen LogP contribution in [0.5, 0.6) is 10.8 Å². The molecular weight excluding hydrogens is 242 g/mol. The number of ether oxygens (including phenoxy) is 1. The van der Waals surface area contributed by atoms with Crippen LogP contribution in [0.2, 0.25) is 0 Å². The molecule has 1 aromatic carbocycles. The van der Waals surface area contributed by atoms with Crippen LogP contribution < -0.4 is 4.74 Å². The van der Waals surface area contributed by atoms with Crippen LogP contribution in [0, 0.1) is 6.92 Å². The van der Waals surface area contributed by atoms with E-state index in [0.29, 0.717) is 5.92 Å². The molecule has 0 atom stereocenters. The SMILES string of the molecule is Cc1nc(C2CCCC2)sc1Oc1ccccc1. The molecule has 18 heavy (non-hydrogen) atoms. The molecule has 0 saturated heterocycles. The average Bonchev–Trinajstić information content (AvgIpc) is 3.01. The smallest absolute Gasteiger partial charge is 0.203 e. The van der Waals surface area contributed by atoms with Gasteiger partial charge in [-0.25, -0.2) is 4.98 Å². The molecule has 0 bridgehead atoms. The fraction of sp³-hybridized carbons (Fsp3) is 0.400. The lowest BCUT2D eigenvalue weighted by molar-refractivity contribution is 0.491. The van der Waals surface area contributed by atoms with E-state index in [4.69, 9.17) is 4.74 Å². The van der Waals surface area contributed by atoms with Gasteiger partial charge < -0.3 is 4.74 Å². The highest BCUT2D eigenvalue weighted by Gasteiger charge is 2.22. The number of nitrogens with zero attached hydrogens (tertiary/aromatic N) is 1. The van der Waals surface area contributed by atoms with Crippen LogP contribution in [0.25, 0.3) is 0 Å². The Bertz CT molecular complexity index is 515. The van der Waals surface area contributed by atoms with Crippen molar-refractivity contribution < 1.29 is 4.74 Å². The van der Waals surface area contributed by atoms with Crippen molar-refractivity contribution in [3.8, 4) is 10.8 Å². The number of thiazole rings is 1. The molecule has 0 N–H and O–H groups in total. The third-order valence-corrected chi connectivity index (χ3v) is 4.63. The number of benzene rings is 1. The van der Waals surface area contributed by atoms with Gasteiger partial charge in [-0.1, -0.05) is 42.4 Å². The van der Waals surface area contributed by atoms with Crippen molar-refractivity contribution in [2.24, 2.45) is 0 Å². The van der Waals surface area contributed by atoms with E-state index in [1.165, 1.54) is 30.7 Å². The van der Waals surface area contributed by atoms with Crippen molar-refractivity contribution in [1.29, 1.82) is 0 Å². The Kier molecular flexibility index (Phi) is 3.33. The normalized spacial score (nSPS) is 16.1. The Morgan fingerprint density at radius 2 is 1.89 bits per heavy atom. The maximum atomic E-state index is 5.91. The van der Waals surface area contributed by atoms with Crippen LogP contribution >= 0.6 is 11.3 Å². The van der Waals surface area contributed by atoms with Crippen LogP contribution in [0.1, 0.15) is 42.3 Å². The molecule has 0 aliphatic heterocycles. The van der Waals surface area contributed by atoms with E-state index >= 15 is 0 Å². The second kappa shape index (κ2) is 5.11. The van der Waals surface area contributed by atoms with Crippen molar-refractivity contribution in [3.05, 3.63) is 41.0 Å². The van der Waals surface area contributed by atoms with E-state index in [9.17, 15) is 0 Å². The first-order chi connectivity index (χ1) is 8.83. The summed E-state index contributed by atoms with van der Waals surface area (Å²) in [5.74, 6) is 1.56. The summed E-state index contributed by atoms with van der Waals surface area (Å²) in [6.45, 7) is 2.03. The Labute approximate surface area is 112 Å². The van der Waals surface area contributed by atoms with Gasteiger partial charge in [0.2, 0.25) is 5.06 Å². The molecule has 1 aliphatic rings. The van der Waals surface area contributed by atoms with E-state index in [-0.39, 0.29) is 0 Å². The zero-order valence-corrected chi connectivity index (χ0v) is 11.4. The van der Waals surface area contributed by atoms with Gasteiger partial charge >= 0.3 is 0 Å². The first-order valence-electron chi connectivity index (χ1n) is 6.53. The van der Waals surface area contributed by atoms with Crippen LogP contribution in [0.4, 0.5) is 0 Å². The zero-order valence-electron chi connectivity index (χ0n) is 10.6. The fourth-order valence-corrected chi connectivity index (χ4v) is 3.55. The van der Waals surface area contributed by atoms with Gasteiger partial charge in [0.1, 0.15) is 5.75 Å². The van der Waals surface area contributed by atoms with E-state index in [1.54, 1.807) is 11.3 Å². The topological polar surface area (TPSA) is 22.1 Å². The third-order valence-electron chi connectivity index (χ3n) is 3.43. The van der Waals surface area contributed by atoms with Gasteiger partial charge in [0.25, 0.3) is 0 Å². The summed E-state index contributed by atoms with van der Waals surface area (Å²) in [6.07, 6.45) is 5.27. The van der Waals surface area contributed by atoms with E-state index < -0.39 is 0 Å². The number of hydrogen-bond acceptors (Lipinski definition) is 3. The van der Waals surface area contributed by atoms with Gasteiger partial charge in [0.15, 0.2) is 0 Å². The lowest BCUT2D eigenvalue weighted by atomic mass is 10.1. The summed E-state index contributed by atoms with van der Waals surface area (Å²) >= 11 is 1.72. The van der Waals surface area contributed by atoms with Gasteiger partial charge in [-0.2, -0.15) is 0 Å². The molecule has 1 saturated carbocycles. The maximum absolute atomic E-state index is 5.91. The van der Waals surface area contributed by atoms with Crippen LogP contribution in [0.3, 0.4) is 0 Å². The van der Waals surface area contributed by atoms with Crippen molar-refractivity contribution in [2.45, 2.75) is 38.5 Å². The van der Waals surface area contributed by atoms with Gasteiger partial charge in [-0.15, -0.1) is 0 Å². The first kappa shape index (κ1) is 11.7. The maximum Gasteiger partial charge on any atom is 0.203 e. The number of hydrogen-bond donors (Lipinski definition) is 0. The Balaban J connectivity index is 1.80. The second-order valence-electron chi connectivity index (χ2n) is 4.82. The summed E-state index contributed by atoms with van der Waals surface area (Å²) in [5.41, 5.74) is 1.02. The largest absolute Gasteiger partial charge is 0.445 e. The highest BCUT2D eigenvalue weighted by Crippen LogP contribution is 2.40. The summed E-state index contributed by atoms with van der Waals surface area (Å²) < 4.78 is 5.91. The van der Waals surface area contributed by atoms with Crippen molar-refractivity contribution >= 4 is 11.3 Å². The van der Waals surface area contributed by atoms with Crippen LogP contribution in [0.15, 0.2) is 30.3 Å². The van der Waals surface area contributed by atoms with Gasteiger partial charge in [0.05, 0.1) is 10.7 Å². The molecule has 1 fully saturated rings. The number of aromatic nitrogens is 1. The predicted octanol–water partition coefficient (Wildman–Crippen LogP) is 4.90. The molecule has 3 rings (SSSR count). The quantitative estimate of drug-likeness (QED) is 0.782. The van der Waals surface area contributed by atoms with Crippen LogP contribution in [-0.4, -0.2) is 4.98 Å². The van der Waals surface area contributed by atoms with Gasteiger partial charge in [0, 0.05) is 5.92 Å². The van der Waals surface area contributed by atoms with E-state index in [2.05, 4.69) is 4.98 Å². The minimum Gasteiger partial charge on any atom is -0.445 e. The number of aryl methyl sites for hydroxylation is 1. The highest BCUT2D eigenvalue weighted by molar-refractivity contribution is 7.13. The highest BCUT2D eigenvalue weighted by atomic mass is 32.1. The minimum atomic E-state index is 0.668. The monoisotopic (exact) mass is 259 g/mol. The van der Waals surface area contributed by atoms with Crippen molar-refractivity contribution in [3.63, 3.8) is 0 Å². The lowest BCUT2D eigenvalue weighted by Crippen LogP contribution is -1.90. The standard InChI is InChI=1S/C15H17NOS/c1-11-15(17-13-9-3-2-4-10-13)18-14(16-11)12-7-5-6-8-12/h2-4,9-10,12H,5-8H2,1H3. The van der Waals surface area contributed by atoms with E-state index in [1.807, 2.05) is 37.3 Å². The molecule has 3 heteroatoms. The molecule has 0 spiro atoms. The average molecular weight is 259 g/mol. The number of para-hydroxylation sites is 1. The molecule has 2 aromatic rings. The number of rotatable bonds is 3. The fourth-order valence-electron chi connectivity index (χ4n) is 2.44. The molecule has 2 nitrogen and oxygen atoms in total. The van der Waals surface area contributed by atoms with Gasteiger partial charge in [-0.05, 0) is 31.9 Å². The summed E-state index contributed by atoms with van der Waals surface area (Å²) in [5, 5.41) is 2.21. The molecule has 0 radical (unpaired) electrons. The third kappa shape index (κ3) is 2.41. The first-order valence-corrected chi connectivity index (χ1v) is 7.35. The molecule has 1 aliphatic carbocycles. The lowest BCUT2D eigenvalue weighted by Gasteiger charge is -2.03. The predicted molar refractivity (Wildman–Crippen MR) is 74.6 cm³/mol. The van der Waals surface area contributed by atoms with Crippen molar-refractivity contribution in [1.82, 2.24) is 4.98 Å². The molecule has 1 aromatic heterocycles. The van der Waals surface area contributed by atoms with Crippen LogP contribution in [-0.2, 0) is 0 Å². The summed E-state index contributed by atoms with van der Waals surface area (Å²) in [4.78, 5) is 4.68. The Morgan fingerprint density at radius 3 is 2.61 bits per heavy atom. The van der Waals surface area contributed by atoms with Gasteiger partial charge in [-0.3, -0.25) is 0 Å². The molecule has 0 unspecified atom stereocenters. The summed E-state index contributed by atoms with van der Waals surface area (Å²) in [7, 11) is 0. The second-order valence-corrected chi connectivity index (χ2v) is 5.81. The van der Waals surface area contributed by atoms with Crippen molar-refractivity contribution in [2.75, 3.05) is 0 Å². The Morgan fingerprint density at radius 1 is 1.17 bits per heavy atom. The zero-order chi connectivity index (χ0) is 12.4. The summed E-state index contributed by atoms with van der Waals surface area (Å²) in [6, 6.07) is 9.94. The molecule has 0 amide bonds. The minimum absolute atomic E-state index is 0.668.